The van der Waals surface area contributed by atoms with Crippen LogP contribution in [0.2, 0.25) is 5.02 Å². The summed E-state index contributed by atoms with van der Waals surface area (Å²) < 4.78 is 27.1. The smallest absolute Gasteiger partial charge is 0.261 e. The molecule has 0 bridgehead atoms. The van der Waals surface area contributed by atoms with Gasteiger partial charge in [0.15, 0.2) is 0 Å². The monoisotopic (exact) mass is 384 g/mol. The molecule has 0 saturated carbocycles. The van der Waals surface area contributed by atoms with E-state index in [-0.39, 0.29) is 4.90 Å². The Morgan fingerprint density at radius 3 is 2.42 bits per heavy atom. The van der Waals surface area contributed by atoms with Gasteiger partial charge in [-0.2, -0.15) is 5.26 Å². The Morgan fingerprint density at radius 1 is 1.00 bits per heavy atom. The van der Waals surface area contributed by atoms with E-state index in [2.05, 4.69) is 21.1 Å². The van der Waals surface area contributed by atoms with E-state index < -0.39 is 10.0 Å². The maximum absolute atomic E-state index is 12.3. The standard InChI is InChI=1S/C18H13ClN4O2S/c19-14-4-7-17(8-5-14)26(24,25)23-16-6-9-18(21-12-16)22-15-3-1-2-13(10-15)11-20/h1-10,12,23H,(H,21,22). The van der Waals surface area contributed by atoms with Crippen molar-refractivity contribution in [1.29, 1.82) is 5.26 Å². The molecule has 0 fully saturated rings. The molecular formula is C18H13ClN4O2S. The predicted octanol–water partition coefficient (Wildman–Crippen LogP) is 4.15. The zero-order chi connectivity index (χ0) is 18.6. The van der Waals surface area contributed by atoms with E-state index in [1.165, 1.54) is 30.5 Å². The molecule has 26 heavy (non-hydrogen) atoms. The van der Waals surface area contributed by atoms with Crippen molar-refractivity contribution in [3.8, 4) is 6.07 Å². The van der Waals surface area contributed by atoms with Crippen molar-refractivity contribution in [2.75, 3.05) is 10.0 Å². The molecule has 1 heterocycles. The van der Waals surface area contributed by atoms with E-state index in [0.29, 0.717) is 27.8 Å². The molecule has 130 valence electrons. The molecule has 3 aromatic rings. The van der Waals surface area contributed by atoms with Gasteiger partial charge < -0.3 is 5.32 Å². The molecule has 0 aliphatic carbocycles. The highest BCUT2D eigenvalue weighted by molar-refractivity contribution is 7.92. The fraction of sp³-hybridized carbons (Fsp3) is 0. The van der Waals surface area contributed by atoms with Gasteiger partial charge in [0.25, 0.3) is 10.0 Å². The Balaban J connectivity index is 1.73. The second kappa shape index (κ2) is 7.44. The third kappa shape index (κ3) is 4.30. The summed E-state index contributed by atoms with van der Waals surface area (Å²) in [5.41, 5.74) is 1.57. The molecule has 0 radical (unpaired) electrons. The van der Waals surface area contributed by atoms with Crippen LogP contribution in [-0.4, -0.2) is 13.4 Å². The first kappa shape index (κ1) is 17.7. The summed E-state index contributed by atoms with van der Waals surface area (Å²) >= 11 is 5.77. The van der Waals surface area contributed by atoms with E-state index in [4.69, 9.17) is 16.9 Å². The molecule has 0 amide bonds. The van der Waals surface area contributed by atoms with Crippen molar-refractivity contribution in [2.24, 2.45) is 0 Å². The van der Waals surface area contributed by atoms with Gasteiger partial charge in [0, 0.05) is 10.7 Å². The summed E-state index contributed by atoms with van der Waals surface area (Å²) in [5, 5.41) is 12.4. The van der Waals surface area contributed by atoms with Crippen LogP contribution >= 0.6 is 11.6 Å². The van der Waals surface area contributed by atoms with Gasteiger partial charge in [0.05, 0.1) is 28.4 Å². The molecule has 0 spiro atoms. The largest absolute Gasteiger partial charge is 0.340 e. The Hall–Kier alpha value is -3.08. The number of hydrogen-bond donors (Lipinski definition) is 2. The lowest BCUT2D eigenvalue weighted by Crippen LogP contribution is -2.13. The number of aromatic nitrogens is 1. The van der Waals surface area contributed by atoms with Crippen molar-refractivity contribution < 1.29 is 8.42 Å². The van der Waals surface area contributed by atoms with Crippen molar-refractivity contribution in [1.82, 2.24) is 4.98 Å². The van der Waals surface area contributed by atoms with Gasteiger partial charge in [0.2, 0.25) is 0 Å². The van der Waals surface area contributed by atoms with Gasteiger partial charge in [0.1, 0.15) is 5.82 Å². The molecule has 8 heteroatoms. The number of sulfonamides is 1. The molecule has 0 unspecified atom stereocenters. The highest BCUT2D eigenvalue weighted by Crippen LogP contribution is 2.20. The average molecular weight is 385 g/mol. The molecule has 0 aliphatic heterocycles. The molecule has 0 aliphatic rings. The number of benzene rings is 2. The van der Waals surface area contributed by atoms with Gasteiger partial charge in [-0.15, -0.1) is 0 Å². The Labute approximate surface area is 156 Å². The van der Waals surface area contributed by atoms with Gasteiger partial charge in [-0.1, -0.05) is 17.7 Å². The Kier molecular flexibility index (Phi) is 5.07. The predicted molar refractivity (Wildman–Crippen MR) is 101 cm³/mol. The van der Waals surface area contributed by atoms with Crippen LogP contribution in [0.5, 0.6) is 0 Å². The molecular weight excluding hydrogens is 372 g/mol. The van der Waals surface area contributed by atoms with Crippen LogP contribution in [0.1, 0.15) is 5.56 Å². The first-order valence-electron chi connectivity index (χ1n) is 7.48. The lowest BCUT2D eigenvalue weighted by molar-refractivity contribution is 0.601. The molecule has 1 aromatic heterocycles. The molecule has 6 nitrogen and oxygen atoms in total. The zero-order valence-electron chi connectivity index (χ0n) is 13.3. The average Bonchev–Trinajstić information content (AvgIpc) is 2.64. The molecule has 3 rings (SSSR count). The van der Waals surface area contributed by atoms with Crippen LogP contribution in [0.15, 0.2) is 71.8 Å². The van der Waals surface area contributed by atoms with E-state index in [0.717, 1.165) is 0 Å². The quantitative estimate of drug-likeness (QED) is 0.689. The third-order valence-electron chi connectivity index (χ3n) is 3.40. The highest BCUT2D eigenvalue weighted by atomic mass is 35.5. The van der Waals surface area contributed by atoms with Crippen molar-refractivity contribution >= 4 is 38.8 Å². The van der Waals surface area contributed by atoms with Crippen LogP contribution in [0.4, 0.5) is 17.2 Å². The van der Waals surface area contributed by atoms with Crippen LogP contribution in [0, 0.1) is 11.3 Å². The van der Waals surface area contributed by atoms with Crippen LogP contribution in [0.25, 0.3) is 0 Å². The minimum absolute atomic E-state index is 0.109. The fourth-order valence-electron chi connectivity index (χ4n) is 2.17. The number of nitriles is 1. The number of rotatable bonds is 5. The van der Waals surface area contributed by atoms with Gasteiger partial charge in [-0.3, -0.25) is 4.72 Å². The molecule has 2 N–H and O–H groups in total. The summed E-state index contributed by atoms with van der Waals surface area (Å²) in [6.07, 6.45) is 1.41. The number of anilines is 3. The number of hydrogen-bond acceptors (Lipinski definition) is 5. The first-order chi connectivity index (χ1) is 12.5. The van der Waals surface area contributed by atoms with E-state index in [1.807, 2.05) is 0 Å². The second-order valence-electron chi connectivity index (χ2n) is 5.31. The number of nitrogens with zero attached hydrogens (tertiary/aromatic N) is 2. The van der Waals surface area contributed by atoms with E-state index >= 15 is 0 Å². The first-order valence-corrected chi connectivity index (χ1v) is 9.34. The summed E-state index contributed by atoms with van der Waals surface area (Å²) in [4.78, 5) is 4.29. The topological polar surface area (TPSA) is 94.9 Å². The van der Waals surface area contributed by atoms with E-state index in [1.54, 1.807) is 36.4 Å². The lowest BCUT2D eigenvalue weighted by atomic mass is 10.2. The summed E-state index contributed by atoms with van der Waals surface area (Å²) in [6.45, 7) is 0. The van der Waals surface area contributed by atoms with Crippen LogP contribution < -0.4 is 10.0 Å². The van der Waals surface area contributed by atoms with Crippen LogP contribution in [-0.2, 0) is 10.0 Å². The maximum Gasteiger partial charge on any atom is 0.261 e. The number of halogens is 1. The Morgan fingerprint density at radius 2 is 1.77 bits per heavy atom. The van der Waals surface area contributed by atoms with Crippen LogP contribution in [0.3, 0.4) is 0 Å². The normalized spacial score (nSPS) is 10.8. The third-order valence-corrected chi connectivity index (χ3v) is 5.05. The van der Waals surface area contributed by atoms with Crippen molar-refractivity contribution in [2.45, 2.75) is 4.90 Å². The van der Waals surface area contributed by atoms with Crippen molar-refractivity contribution in [3.63, 3.8) is 0 Å². The lowest BCUT2D eigenvalue weighted by Gasteiger charge is -2.09. The van der Waals surface area contributed by atoms with Crippen molar-refractivity contribution in [3.05, 3.63) is 77.4 Å². The number of pyridine rings is 1. The highest BCUT2D eigenvalue weighted by Gasteiger charge is 2.14. The summed E-state index contributed by atoms with van der Waals surface area (Å²) in [7, 11) is -3.72. The van der Waals surface area contributed by atoms with Gasteiger partial charge >= 0.3 is 0 Å². The summed E-state index contributed by atoms with van der Waals surface area (Å²) in [6, 6.07) is 18.1. The second-order valence-corrected chi connectivity index (χ2v) is 7.43. The van der Waals surface area contributed by atoms with Gasteiger partial charge in [-0.05, 0) is 54.6 Å². The minimum Gasteiger partial charge on any atom is -0.340 e. The maximum atomic E-state index is 12.3. The fourth-order valence-corrected chi connectivity index (χ4v) is 3.34. The zero-order valence-corrected chi connectivity index (χ0v) is 14.9. The summed E-state index contributed by atoms with van der Waals surface area (Å²) in [5.74, 6) is 0.523. The SMILES string of the molecule is N#Cc1cccc(Nc2ccc(NS(=O)(=O)c3ccc(Cl)cc3)cn2)c1. The molecule has 0 atom stereocenters. The van der Waals surface area contributed by atoms with E-state index in [9.17, 15) is 8.42 Å². The number of nitrogens with one attached hydrogen (secondary N) is 2. The molecule has 0 saturated heterocycles. The Bertz CT molecular complexity index is 1060. The van der Waals surface area contributed by atoms with Gasteiger partial charge in [-0.25, -0.2) is 13.4 Å². The molecule has 2 aromatic carbocycles. The minimum atomic E-state index is -3.72.